The van der Waals surface area contributed by atoms with Crippen molar-refractivity contribution >= 4 is 17.0 Å². The molecule has 1 aromatic carbocycles. The van der Waals surface area contributed by atoms with Crippen LogP contribution in [0.15, 0.2) is 41.3 Å². The number of nitrogens with zero attached hydrogens (tertiary/aromatic N) is 4. The van der Waals surface area contributed by atoms with E-state index in [1.54, 1.807) is 10.8 Å². The molecule has 1 saturated heterocycles. The lowest BCUT2D eigenvalue weighted by molar-refractivity contribution is 0.276. The normalized spacial score (nSPS) is 21.3. The molecule has 5 rings (SSSR count). The van der Waals surface area contributed by atoms with Gasteiger partial charge in [-0.25, -0.2) is 9.99 Å². The molecule has 2 fully saturated rings. The van der Waals surface area contributed by atoms with Crippen molar-refractivity contribution in [3.05, 3.63) is 52.4 Å². The lowest BCUT2D eigenvalue weighted by Crippen LogP contribution is -2.30. The molecular formula is C23H27N5O2. The van der Waals surface area contributed by atoms with Crippen LogP contribution in [0.5, 0.6) is 0 Å². The molecule has 7 heteroatoms. The van der Waals surface area contributed by atoms with Gasteiger partial charge in [-0.1, -0.05) is 30.7 Å². The Morgan fingerprint density at radius 2 is 1.93 bits per heavy atom. The molecule has 2 N–H and O–H groups in total. The molecule has 2 aliphatic rings. The van der Waals surface area contributed by atoms with Gasteiger partial charge >= 0.3 is 0 Å². The largest absolute Gasteiger partial charge is 0.395 e. The first-order valence-electron chi connectivity index (χ1n) is 10.7. The van der Waals surface area contributed by atoms with E-state index in [4.69, 9.17) is 0 Å². The molecular weight excluding hydrogens is 378 g/mol. The summed E-state index contributed by atoms with van der Waals surface area (Å²) in [7, 11) is 0. The number of rotatable bonds is 5. The monoisotopic (exact) mass is 405 g/mol. The number of pyridine rings is 1. The van der Waals surface area contributed by atoms with E-state index >= 15 is 0 Å². The summed E-state index contributed by atoms with van der Waals surface area (Å²) in [5.74, 6) is 2.03. The minimum absolute atomic E-state index is 0.130. The first kappa shape index (κ1) is 19.2. The molecule has 2 unspecified atom stereocenters. The van der Waals surface area contributed by atoms with Crippen molar-refractivity contribution in [2.24, 2.45) is 11.8 Å². The molecule has 0 amide bonds. The Balaban J connectivity index is 1.53. The van der Waals surface area contributed by atoms with Crippen LogP contribution in [0, 0.1) is 18.8 Å². The van der Waals surface area contributed by atoms with Crippen molar-refractivity contribution in [1.82, 2.24) is 19.5 Å². The Labute approximate surface area is 175 Å². The first-order chi connectivity index (χ1) is 14.6. The van der Waals surface area contributed by atoms with Crippen LogP contribution in [-0.4, -0.2) is 44.3 Å². The highest BCUT2D eigenvalue weighted by molar-refractivity contribution is 5.82. The predicted octanol–water partition coefficient (Wildman–Crippen LogP) is 2.82. The van der Waals surface area contributed by atoms with Crippen LogP contribution in [0.25, 0.3) is 22.2 Å². The zero-order valence-electron chi connectivity index (χ0n) is 17.2. The standard InChI is InChI=1S/C23H27N5O2/c1-15-5-2-3-8-19(15)20-11-18-12-24-23(25-21(18)28(9-10-29)22(20)30)26-27-13-16-6-4-7-17(16)14-27/h2-3,5,8,11-12,16-17,29H,4,6-7,9-10,13-14H2,1H3,(H,24,25,26). The zero-order valence-corrected chi connectivity index (χ0v) is 17.2. The minimum atomic E-state index is -0.147. The van der Waals surface area contributed by atoms with E-state index in [9.17, 15) is 9.90 Å². The van der Waals surface area contributed by atoms with Crippen LogP contribution in [0.1, 0.15) is 24.8 Å². The fraction of sp³-hybridized carbons (Fsp3) is 0.435. The van der Waals surface area contributed by atoms with Crippen LogP contribution in [0.3, 0.4) is 0 Å². The van der Waals surface area contributed by atoms with Crippen molar-refractivity contribution in [2.45, 2.75) is 32.7 Å². The Kier molecular flexibility index (Phi) is 5.00. The van der Waals surface area contributed by atoms with Gasteiger partial charge in [-0.15, -0.1) is 0 Å². The van der Waals surface area contributed by atoms with E-state index in [1.165, 1.54) is 19.3 Å². The number of aliphatic hydroxyl groups is 1. The lowest BCUT2D eigenvalue weighted by atomic mass is 10.0. The van der Waals surface area contributed by atoms with Crippen molar-refractivity contribution < 1.29 is 5.11 Å². The average Bonchev–Trinajstić information content (AvgIpc) is 3.32. The summed E-state index contributed by atoms with van der Waals surface area (Å²) in [5.41, 5.74) is 6.26. The summed E-state index contributed by atoms with van der Waals surface area (Å²) in [6.45, 7) is 4.08. The molecule has 0 bridgehead atoms. The van der Waals surface area contributed by atoms with E-state index in [1.807, 2.05) is 37.3 Å². The summed E-state index contributed by atoms with van der Waals surface area (Å²) in [6, 6.07) is 9.68. The number of aromatic nitrogens is 3. The van der Waals surface area contributed by atoms with Crippen LogP contribution in [-0.2, 0) is 6.54 Å². The molecule has 2 aromatic heterocycles. The molecule has 0 spiro atoms. The highest BCUT2D eigenvalue weighted by Gasteiger charge is 2.36. The summed E-state index contributed by atoms with van der Waals surface area (Å²) in [4.78, 5) is 22.4. The summed E-state index contributed by atoms with van der Waals surface area (Å²) < 4.78 is 1.56. The summed E-state index contributed by atoms with van der Waals surface area (Å²) >= 11 is 0. The topological polar surface area (TPSA) is 83.3 Å². The molecule has 1 aliphatic heterocycles. The Morgan fingerprint density at radius 3 is 2.67 bits per heavy atom. The molecule has 0 radical (unpaired) electrons. The van der Waals surface area contributed by atoms with E-state index in [0.29, 0.717) is 17.2 Å². The van der Waals surface area contributed by atoms with Gasteiger partial charge in [-0.05, 0) is 48.8 Å². The quantitative estimate of drug-likeness (QED) is 0.679. The number of aliphatic hydroxyl groups excluding tert-OH is 1. The first-order valence-corrected chi connectivity index (χ1v) is 10.7. The van der Waals surface area contributed by atoms with Gasteiger partial charge in [0.05, 0.1) is 13.2 Å². The third-order valence-electron chi connectivity index (χ3n) is 6.57. The second-order valence-electron chi connectivity index (χ2n) is 8.49. The maximum atomic E-state index is 13.3. The zero-order chi connectivity index (χ0) is 20.7. The van der Waals surface area contributed by atoms with Crippen LogP contribution in [0.2, 0.25) is 0 Å². The van der Waals surface area contributed by atoms with Crippen LogP contribution >= 0.6 is 0 Å². The highest BCUT2D eigenvalue weighted by Crippen LogP contribution is 2.37. The van der Waals surface area contributed by atoms with Crippen molar-refractivity contribution in [2.75, 3.05) is 25.1 Å². The van der Waals surface area contributed by atoms with Gasteiger partial charge in [0.25, 0.3) is 5.56 Å². The Hall–Kier alpha value is -2.77. The Bertz CT molecular complexity index is 1130. The van der Waals surface area contributed by atoms with Crippen LogP contribution in [0.4, 0.5) is 5.95 Å². The van der Waals surface area contributed by atoms with Gasteiger partial charge in [0.2, 0.25) is 5.95 Å². The van der Waals surface area contributed by atoms with Crippen LogP contribution < -0.4 is 11.0 Å². The SMILES string of the molecule is Cc1ccccc1-c1cc2cnc(NN3CC4CCCC4C3)nc2n(CCO)c1=O. The maximum Gasteiger partial charge on any atom is 0.260 e. The number of nitrogens with one attached hydrogen (secondary N) is 1. The van der Waals surface area contributed by atoms with Gasteiger partial charge in [0.15, 0.2) is 0 Å². The van der Waals surface area contributed by atoms with Gasteiger partial charge in [0.1, 0.15) is 5.65 Å². The van der Waals surface area contributed by atoms with Gasteiger partial charge < -0.3 is 5.11 Å². The number of aryl methyl sites for hydroxylation is 1. The smallest absolute Gasteiger partial charge is 0.260 e. The third kappa shape index (κ3) is 3.38. The molecule has 1 aliphatic carbocycles. The average molecular weight is 406 g/mol. The van der Waals surface area contributed by atoms with E-state index in [2.05, 4.69) is 20.4 Å². The molecule has 1 saturated carbocycles. The van der Waals surface area contributed by atoms with Crippen molar-refractivity contribution in [3.8, 4) is 11.1 Å². The molecule has 2 atom stereocenters. The summed E-state index contributed by atoms with van der Waals surface area (Å²) in [6.07, 6.45) is 5.71. The number of hydrogen-bond acceptors (Lipinski definition) is 6. The number of benzene rings is 1. The molecule has 30 heavy (non-hydrogen) atoms. The van der Waals surface area contributed by atoms with Crippen molar-refractivity contribution in [1.29, 1.82) is 0 Å². The van der Waals surface area contributed by atoms with Crippen molar-refractivity contribution in [3.63, 3.8) is 0 Å². The lowest BCUT2D eigenvalue weighted by Gasteiger charge is -2.19. The minimum Gasteiger partial charge on any atom is -0.395 e. The second kappa shape index (κ2) is 7.81. The van der Waals surface area contributed by atoms with Gasteiger partial charge in [0, 0.05) is 30.2 Å². The van der Waals surface area contributed by atoms with E-state index < -0.39 is 0 Å². The van der Waals surface area contributed by atoms with E-state index in [-0.39, 0.29) is 18.7 Å². The second-order valence-corrected chi connectivity index (χ2v) is 8.49. The molecule has 3 aromatic rings. The maximum absolute atomic E-state index is 13.3. The molecule has 3 heterocycles. The molecule has 156 valence electrons. The van der Waals surface area contributed by atoms with E-state index in [0.717, 1.165) is 41.4 Å². The van der Waals surface area contributed by atoms with Gasteiger partial charge in [-0.3, -0.25) is 14.8 Å². The molecule has 7 nitrogen and oxygen atoms in total. The third-order valence-corrected chi connectivity index (χ3v) is 6.57. The number of hydrazine groups is 1. The highest BCUT2D eigenvalue weighted by atomic mass is 16.3. The number of anilines is 1. The number of hydrogen-bond donors (Lipinski definition) is 2. The van der Waals surface area contributed by atoms with Gasteiger partial charge in [-0.2, -0.15) is 4.98 Å². The fourth-order valence-corrected chi connectivity index (χ4v) is 5.06. The fourth-order valence-electron chi connectivity index (χ4n) is 5.06. The Morgan fingerprint density at radius 1 is 1.17 bits per heavy atom. The predicted molar refractivity (Wildman–Crippen MR) is 117 cm³/mol. The number of fused-ring (bicyclic) bond motifs is 2. The summed E-state index contributed by atoms with van der Waals surface area (Å²) in [5, 5.41) is 12.6.